The molecule has 3 nitrogen and oxygen atoms in total. The number of rotatable bonds is 2. The van der Waals surface area contributed by atoms with Crippen molar-refractivity contribution in [2.24, 2.45) is 0 Å². The molecule has 2 amide bonds. The van der Waals surface area contributed by atoms with Crippen molar-refractivity contribution in [3.8, 4) is 10.4 Å². The van der Waals surface area contributed by atoms with Crippen LogP contribution in [0.1, 0.15) is 11.6 Å². The number of hydrogen-bond donors (Lipinski definition) is 2. The summed E-state index contributed by atoms with van der Waals surface area (Å²) in [6, 6.07) is 12.1. The Bertz CT molecular complexity index is 579. The molecule has 2 aromatic rings. The SMILES string of the molecule is O=C1NCC(c2ccc(-c3ccc(Cl)s3)cc2)N1. The van der Waals surface area contributed by atoms with Crippen LogP contribution < -0.4 is 10.6 Å². The number of carbonyl (C=O) groups is 1. The van der Waals surface area contributed by atoms with E-state index in [9.17, 15) is 4.79 Å². The molecule has 1 fully saturated rings. The molecule has 1 aliphatic rings. The van der Waals surface area contributed by atoms with Gasteiger partial charge in [-0.05, 0) is 23.3 Å². The minimum Gasteiger partial charge on any atom is -0.336 e. The predicted molar refractivity (Wildman–Crippen MR) is 74.0 cm³/mol. The standard InChI is InChI=1S/C13H11ClN2OS/c14-12-6-5-11(18-12)9-3-1-8(2-4-9)10-7-15-13(17)16-10/h1-6,10H,7H2,(H2,15,16,17). The van der Waals surface area contributed by atoms with Crippen LogP contribution in [0.3, 0.4) is 0 Å². The summed E-state index contributed by atoms with van der Waals surface area (Å²) in [6.07, 6.45) is 0. The second-order valence-corrected chi connectivity index (χ2v) is 5.85. The van der Waals surface area contributed by atoms with Gasteiger partial charge in [-0.25, -0.2) is 4.79 Å². The minimum absolute atomic E-state index is 0.0680. The van der Waals surface area contributed by atoms with E-state index in [2.05, 4.69) is 22.8 Å². The highest BCUT2D eigenvalue weighted by molar-refractivity contribution is 7.19. The average Bonchev–Trinajstić information content (AvgIpc) is 2.98. The third-order valence-corrected chi connectivity index (χ3v) is 4.22. The first-order chi connectivity index (χ1) is 8.72. The van der Waals surface area contributed by atoms with E-state index in [0.717, 1.165) is 20.3 Å². The van der Waals surface area contributed by atoms with Gasteiger partial charge in [-0.3, -0.25) is 0 Å². The quantitative estimate of drug-likeness (QED) is 0.868. The summed E-state index contributed by atoms with van der Waals surface area (Å²) < 4.78 is 0.793. The maximum Gasteiger partial charge on any atom is 0.315 e. The summed E-state index contributed by atoms with van der Waals surface area (Å²) in [6.45, 7) is 0.642. The van der Waals surface area contributed by atoms with Gasteiger partial charge >= 0.3 is 6.03 Å². The molecule has 1 saturated heterocycles. The third-order valence-electron chi connectivity index (χ3n) is 2.94. The van der Waals surface area contributed by atoms with Crippen LogP contribution in [-0.4, -0.2) is 12.6 Å². The van der Waals surface area contributed by atoms with E-state index < -0.39 is 0 Å². The van der Waals surface area contributed by atoms with Crippen molar-refractivity contribution >= 4 is 29.0 Å². The molecule has 18 heavy (non-hydrogen) atoms. The minimum atomic E-state index is -0.103. The number of urea groups is 1. The molecule has 3 rings (SSSR count). The van der Waals surface area contributed by atoms with Crippen molar-refractivity contribution in [2.45, 2.75) is 6.04 Å². The lowest BCUT2D eigenvalue weighted by molar-refractivity contribution is 0.247. The number of carbonyl (C=O) groups excluding carboxylic acids is 1. The Morgan fingerprint density at radius 2 is 1.94 bits per heavy atom. The van der Waals surface area contributed by atoms with Gasteiger partial charge in [0.1, 0.15) is 0 Å². The van der Waals surface area contributed by atoms with Gasteiger partial charge in [0.15, 0.2) is 0 Å². The smallest absolute Gasteiger partial charge is 0.315 e. The normalized spacial score (nSPS) is 18.5. The van der Waals surface area contributed by atoms with E-state index in [0.29, 0.717) is 6.54 Å². The number of thiophene rings is 1. The van der Waals surface area contributed by atoms with Crippen LogP contribution in [-0.2, 0) is 0 Å². The molecular formula is C13H11ClN2OS. The second-order valence-electron chi connectivity index (χ2n) is 4.13. The van der Waals surface area contributed by atoms with Gasteiger partial charge in [-0.15, -0.1) is 11.3 Å². The fraction of sp³-hybridized carbons (Fsp3) is 0.154. The molecule has 1 aromatic carbocycles. The monoisotopic (exact) mass is 278 g/mol. The molecule has 2 N–H and O–H groups in total. The summed E-state index contributed by atoms with van der Waals surface area (Å²) >= 11 is 7.49. The van der Waals surface area contributed by atoms with Crippen LogP contribution >= 0.6 is 22.9 Å². The summed E-state index contributed by atoms with van der Waals surface area (Å²) in [7, 11) is 0. The van der Waals surface area contributed by atoms with Crippen LogP contribution in [0.25, 0.3) is 10.4 Å². The number of benzene rings is 1. The number of halogens is 1. The molecule has 5 heteroatoms. The van der Waals surface area contributed by atoms with Gasteiger partial charge in [0.05, 0.1) is 10.4 Å². The molecule has 1 aromatic heterocycles. The van der Waals surface area contributed by atoms with Crippen LogP contribution in [0.5, 0.6) is 0 Å². The topological polar surface area (TPSA) is 41.1 Å². The zero-order chi connectivity index (χ0) is 12.5. The van der Waals surface area contributed by atoms with Crippen molar-refractivity contribution in [3.63, 3.8) is 0 Å². The second kappa shape index (κ2) is 4.63. The fourth-order valence-electron chi connectivity index (χ4n) is 2.01. The lowest BCUT2D eigenvalue weighted by atomic mass is 10.0. The number of nitrogens with one attached hydrogen (secondary N) is 2. The highest BCUT2D eigenvalue weighted by atomic mass is 35.5. The van der Waals surface area contributed by atoms with Gasteiger partial charge < -0.3 is 10.6 Å². The molecule has 92 valence electrons. The molecule has 0 spiro atoms. The highest BCUT2D eigenvalue weighted by Crippen LogP contribution is 2.31. The maximum absolute atomic E-state index is 11.1. The Kier molecular flexibility index (Phi) is 2.97. The number of hydrogen-bond acceptors (Lipinski definition) is 2. The van der Waals surface area contributed by atoms with Crippen molar-refractivity contribution in [2.75, 3.05) is 6.54 Å². The molecule has 0 bridgehead atoms. The van der Waals surface area contributed by atoms with E-state index >= 15 is 0 Å². The zero-order valence-electron chi connectivity index (χ0n) is 9.44. The average molecular weight is 279 g/mol. The summed E-state index contributed by atoms with van der Waals surface area (Å²) in [5.74, 6) is 0. The van der Waals surface area contributed by atoms with Gasteiger partial charge in [0, 0.05) is 11.4 Å². The molecule has 2 heterocycles. The Balaban J connectivity index is 1.83. The molecular weight excluding hydrogens is 268 g/mol. The van der Waals surface area contributed by atoms with Crippen LogP contribution in [0.15, 0.2) is 36.4 Å². The molecule has 1 aliphatic heterocycles. The molecule has 0 aliphatic carbocycles. The van der Waals surface area contributed by atoms with Crippen molar-refractivity contribution in [1.82, 2.24) is 10.6 Å². The van der Waals surface area contributed by atoms with Crippen LogP contribution in [0.2, 0.25) is 4.34 Å². The van der Waals surface area contributed by atoms with Crippen molar-refractivity contribution in [1.29, 1.82) is 0 Å². The van der Waals surface area contributed by atoms with Gasteiger partial charge in [-0.2, -0.15) is 0 Å². The molecule has 0 saturated carbocycles. The first-order valence-corrected chi connectivity index (χ1v) is 6.82. The Hall–Kier alpha value is -1.52. The summed E-state index contributed by atoms with van der Waals surface area (Å²) in [5, 5.41) is 5.62. The fourth-order valence-corrected chi connectivity index (χ4v) is 3.05. The third kappa shape index (κ3) is 2.21. The first kappa shape index (κ1) is 11.6. The van der Waals surface area contributed by atoms with E-state index in [-0.39, 0.29) is 12.1 Å². The highest BCUT2D eigenvalue weighted by Gasteiger charge is 2.21. The first-order valence-electron chi connectivity index (χ1n) is 5.62. The van der Waals surface area contributed by atoms with Gasteiger partial charge in [0.25, 0.3) is 0 Å². The van der Waals surface area contributed by atoms with Gasteiger partial charge in [0.2, 0.25) is 0 Å². The van der Waals surface area contributed by atoms with Crippen LogP contribution in [0, 0.1) is 0 Å². The van der Waals surface area contributed by atoms with Crippen molar-refractivity contribution in [3.05, 3.63) is 46.3 Å². The zero-order valence-corrected chi connectivity index (χ0v) is 11.0. The Morgan fingerprint density at radius 1 is 1.17 bits per heavy atom. The lowest BCUT2D eigenvalue weighted by Crippen LogP contribution is -2.21. The van der Waals surface area contributed by atoms with E-state index in [1.54, 1.807) is 11.3 Å². The van der Waals surface area contributed by atoms with E-state index in [1.807, 2.05) is 24.3 Å². The van der Waals surface area contributed by atoms with Crippen LogP contribution in [0.4, 0.5) is 4.79 Å². The lowest BCUT2D eigenvalue weighted by Gasteiger charge is -2.09. The van der Waals surface area contributed by atoms with Crippen molar-refractivity contribution < 1.29 is 4.79 Å². The maximum atomic E-state index is 11.1. The summed E-state index contributed by atoms with van der Waals surface area (Å²) in [5.41, 5.74) is 2.26. The molecule has 1 unspecified atom stereocenters. The number of amides is 2. The largest absolute Gasteiger partial charge is 0.336 e. The summed E-state index contributed by atoms with van der Waals surface area (Å²) in [4.78, 5) is 12.2. The Morgan fingerprint density at radius 3 is 2.50 bits per heavy atom. The molecule has 0 radical (unpaired) electrons. The predicted octanol–water partition coefficient (Wildman–Crippen LogP) is 3.42. The Labute approximate surface area is 114 Å². The van der Waals surface area contributed by atoms with E-state index in [1.165, 1.54) is 0 Å². The van der Waals surface area contributed by atoms with E-state index in [4.69, 9.17) is 11.6 Å². The van der Waals surface area contributed by atoms with Gasteiger partial charge in [-0.1, -0.05) is 35.9 Å². The molecule has 1 atom stereocenters.